The van der Waals surface area contributed by atoms with Crippen LogP contribution in [0.15, 0.2) is 80.9 Å². The molecular weight excluding hydrogens is 500 g/mol. The molecule has 2 aromatic heterocycles. The van der Waals surface area contributed by atoms with Gasteiger partial charge in [0.25, 0.3) is 11.7 Å². The van der Waals surface area contributed by atoms with Crippen LogP contribution in [0, 0.1) is 11.3 Å². The molecule has 0 atom stereocenters. The van der Waals surface area contributed by atoms with Crippen molar-refractivity contribution in [1.82, 2.24) is 4.98 Å². The normalized spacial score (nSPS) is 11.4. The van der Waals surface area contributed by atoms with Crippen molar-refractivity contribution in [1.29, 1.82) is 5.26 Å². The Kier molecular flexibility index (Phi) is 7.43. The van der Waals surface area contributed by atoms with Crippen molar-refractivity contribution in [3.05, 3.63) is 82.4 Å². The molecule has 2 heterocycles. The van der Waals surface area contributed by atoms with Gasteiger partial charge in [-0.25, -0.2) is 4.98 Å². The van der Waals surface area contributed by atoms with E-state index < -0.39 is 11.7 Å². The predicted molar refractivity (Wildman–Crippen MR) is 131 cm³/mol. The zero-order valence-electron chi connectivity index (χ0n) is 17.2. The second-order valence-electron chi connectivity index (χ2n) is 6.77. The summed E-state index contributed by atoms with van der Waals surface area (Å²) in [6.07, 6.45) is 1.33. The standard InChI is InChI=1S/C24H14ClF2N3O2S2/c25-17-5-1-14(2-6-17)20-13-33-24(29-20)30-22(31)16(12-28)11-18-7-10-21(32-18)15-3-8-19(9-4-15)34-23(26)27/h1-11,13,23H,(H,29,30,31)/b16-11-. The summed E-state index contributed by atoms with van der Waals surface area (Å²) in [4.78, 5) is 17.4. The van der Waals surface area contributed by atoms with Gasteiger partial charge in [-0.2, -0.15) is 14.0 Å². The lowest BCUT2D eigenvalue weighted by Gasteiger charge is -2.01. The average Bonchev–Trinajstić information content (AvgIpc) is 3.48. The molecule has 0 aliphatic rings. The van der Waals surface area contributed by atoms with Crippen LogP contribution in [0.5, 0.6) is 0 Å². The van der Waals surface area contributed by atoms with E-state index in [0.29, 0.717) is 49.6 Å². The molecule has 0 aliphatic carbocycles. The van der Waals surface area contributed by atoms with E-state index in [9.17, 15) is 18.8 Å². The van der Waals surface area contributed by atoms with Crippen molar-refractivity contribution in [3.8, 4) is 28.7 Å². The lowest BCUT2D eigenvalue weighted by Crippen LogP contribution is -2.13. The molecule has 0 saturated carbocycles. The first-order valence-corrected chi connectivity index (χ1v) is 11.8. The minimum absolute atomic E-state index is 0.159. The van der Waals surface area contributed by atoms with Gasteiger partial charge in [-0.1, -0.05) is 47.6 Å². The van der Waals surface area contributed by atoms with Gasteiger partial charge in [-0.05, 0) is 36.4 Å². The first-order valence-electron chi connectivity index (χ1n) is 9.71. The van der Waals surface area contributed by atoms with Crippen LogP contribution in [0.3, 0.4) is 0 Å². The third-order valence-corrected chi connectivity index (χ3v) is 6.24. The Labute approximate surface area is 206 Å². The zero-order valence-corrected chi connectivity index (χ0v) is 19.6. The van der Waals surface area contributed by atoms with Gasteiger partial charge in [0.15, 0.2) is 5.13 Å². The zero-order chi connectivity index (χ0) is 24.1. The number of nitrogens with zero attached hydrogens (tertiary/aromatic N) is 2. The SMILES string of the molecule is N#C/C(=C/c1ccc(-c2ccc(SC(F)F)cc2)o1)C(=O)Nc1nc(-c2ccc(Cl)cc2)cs1. The highest BCUT2D eigenvalue weighted by molar-refractivity contribution is 7.99. The first-order chi connectivity index (χ1) is 16.4. The highest BCUT2D eigenvalue weighted by atomic mass is 35.5. The van der Waals surface area contributed by atoms with Crippen LogP contribution in [0.4, 0.5) is 13.9 Å². The summed E-state index contributed by atoms with van der Waals surface area (Å²) >= 11 is 7.60. The van der Waals surface area contributed by atoms with Crippen LogP contribution in [0.1, 0.15) is 5.76 Å². The van der Waals surface area contributed by atoms with Crippen molar-refractivity contribution in [2.24, 2.45) is 0 Å². The van der Waals surface area contributed by atoms with E-state index in [1.54, 1.807) is 53.9 Å². The summed E-state index contributed by atoms with van der Waals surface area (Å²) in [6, 6.07) is 18.8. The molecular formula is C24H14ClF2N3O2S2. The summed E-state index contributed by atoms with van der Waals surface area (Å²) < 4.78 is 30.6. The quantitative estimate of drug-likeness (QED) is 0.156. The molecule has 0 saturated heterocycles. The third kappa shape index (κ3) is 5.91. The van der Waals surface area contributed by atoms with Crippen LogP contribution in [-0.2, 0) is 4.79 Å². The van der Waals surface area contributed by atoms with Crippen LogP contribution < -0.4 is 5.32 Å². The number of hydrogen-bond donors (Lipinski definition) is 1. The van der Waals surface area contributed by atoms with Crippen molar-refractivity contribution >= 4 is 51.8 Å². The van der Waals surface area contributed by atoms with Crippen LogP contribution in [-0.4, -0.2) is 16.6 Å². The number of rotatable bonds is 7. The average molecular weight is 514 g/mol. The molecule has 1 N–H and O–H groups in total. The van der Waals surface area contributed by atoms with Gasteiger partial charge in [-0.15, -0.1) is 11.3 Å². The van der Waals surface area contributed by atoms with Crippen molar-refractivity contribution in [2.45, 2.75) is 10.7 Å². The number of thiazole rings is 1. The van der Waals surface area contributed by atoms with E-state index in [0.717, 1.165) is 5.56 Å². The Balaban J connectivity index is 1.45. The smallest absolute Gasteiger partial charge is 0.288 e. The van der Waals surface area contributed by atoms with Gasteiger partial charge >= 0.3 is 0 Å². The van der Waals surface area contributed by atoms with Crippen molar-refractivity contribution in [3.63, 3.8) is 0 Å². The largest absolute Gasteiger partial charge is 0.457 e. The number of hydrogen-bond acceptors (Lipinski definition) is 6. The fraction of sp³-hybridized carbons (Fsp3) is 0.0417. The lowest BCUT2D eigenvalue weighted by molar-refractivity contribution is -0.112. The van der Waals surface area contributed by atoms with E-state index in [2.05, 4.69) is 10.3 Å². The van der Waals surface area contributed by atoms with E-state index in [1.165, 1.54) is 17.4 Å². The molecule has 0 radical (unpaired) electrons. The number of benzene rings is 2. The highest BCUT2D eigenvalue weighted by Crippen LogP contribution is 2.30. The fourth-order valence-corrected chi connectivity index (χ4v) is 4.27. The Morgan fingerprint density at radius 2 is 1.82 bits per heavy atom. The highest BCUT2D eigenvalue weighted by Gasteiger charge is 2.14. The second-order valence-corrected chi connectivity index (χ2v) is 9.13. The van der Waals surface area contributed by atoms with Crippen molar-refractivity contribution in [2.75, 3.05) is 5.32 Å². The summed E-state index contributed by atoms with van der Waals surface area (Å²) in [5.41, 5.74) is 2.04. The van der Waals surface area contributed by atoms with Gasteiger partial charge in [0.1, 0.15) is 23.2 Å². The molecule has 0 spiro atoms. The molecule has 0 bridgehead atoms. The number of aromatic nitrogens is 1. The number of alkyl halides is 2. The summed E-state index contributed by atoms with van der Waals surface area (Å²) in [6.45, 7) is 0. The molecule has 10 heteroatoms. The van der Waals surface area contributed by atoms with E-state index in [4.69, 9.17) is 16.0 Å². The number of halogens is 3. The molecule has 34 heavy (non-hydrogen) atoms. The number of thioether (sulfide) groups is 1. The maximum Gasteiger partial charge on any atom is 0.288 e. The number of furan rings is 1. The first kappa shape index (κ1) is 23.7. The monoisotopic (exact) mass is 513 g/mol. The summed E-state index contributed by atoms with van der Waals surface area (Å²) in [7, 11) is 0. The van der Waals surface area contributed by atoms with E-state index in [1.807, 2.05) is 18.2 Å². The molecule has 1 amide bonds. The topological polar surface area (TPSA) is 78.9 Å². The molecule has 2 aromatic carbocycles. The van der Waals surface area contributed by atoms with Gasteiger partial charge in [0.2, 0.25) is 0 Å². The Bertz CT molecular complexity index is 1370. The van der Waals surface area contributed by atoms with Crippen LogP contribution in [0.25, 0.3) is 28.7 Å². The number of nitriles is 1. The Morgan fingerprint density at radius 3 is 2.50 bits per heavy atom. The lowest BCUT2D eigenvalue weighted by atomic mass is 10.2. The molecule has 4 rings (SSSR count). The second kappa shape index (κ2) is 10.7. The van der Waals surface area contributed by atoms with Gasteiger partial charge in [0.05, 0.1) is 5.69 Å². The Hall–Kier alpha value is -3.45. The number of amides is 1. The van der Waals surface area contributed by atoms with Gasteiger partial charge in [0, 0.05) is 32.5 Å². The summed E-state index contributed by atoms with van der Waals surface area (Å²) in [5, 5.41) is 14.8. The summed E-state index contributed by atoms with van der Waals surface area (Å²) in [5.74, 6) is -2.33. The van der Waals surface area contributed by atoms with Crippen LogP contribution >= 0.6 is 34.7 Å². The van der Waals surface area contributed by atoms with Crippen LogP contribution in [0.2, 0.25) is 5.02 Å². The number of nitrogens with one attached hydrogen (secondary N) is 1. The molecule has 0 unspecified atom stereocenters. The minimum Gasteiger partial charge on any atom is -0.457 e. The number of anilines is 1. The number of carbonyl (C=O) groups excluding carboxylic acids is 1. The van der Waals surface area contributed by atoms with Gasteiger partial charge < -0.3 is 4.42 Å². The molecule has 0 fully saturated rings. The predicted octanol–water partition coefficient (Wildman–Crippen LogP) is 7.58. The maximum absolute atomic E-state index is 12.6. The maximum atomic E-state index is 12.6. The fourth-order valence-electron chi connectivity index (χ4n) is 2.93. The van der Waals surface area contributed by atoms with E-state index in [-0.39, 0.29) is 5.57 Å². The number of carbonyl (C=O) groups is 1. The molecule has 170 valence electrons. The van der Waals surface area contributed by atoms with Crippen molar-refractivity contribution < 1.29 is 18.0 Å². The van der Waals surface area contributed by atoms with Gasteiger partial charge in [-0.3, -0.25) is 10.1 Å². The Morgan fingerprint density at radius 1 is 1.12 bits per heavy atom. The van der Waals surface area contributed by atoms with E-state index >= 15 is 0 Å². The molecule has 0 aliphatic heterocycles. The minimum atomic E-state index is -2.49. The molecule has 5 nitrogen and oxygen atoms in total. The third-order valence-electron chi connectivity index (χ3n) is 4.51. The molecule has 4 aromatic rings.